The fourth-order valence-corrected chi connectivity index (χ4v) is 6.09. The van der Waals surface area contributed by atoms with Crippen LogP contribution in [0.4, 0.5) is 0 Å². The van der Waals surface area contributed by atoms with Crippen LogP contribution in [0.1, 0.15) is 50.0 Å². The molecule has 0 spiro atoms. The molecule has 0 N–H and O–H groups in total. The Hall–Kier alpha value is -1.99. The van der Waals surface area contributed by atoms with Crippen molar-refractivity contribution in [2.75, 3.05) is 0 Å². The molecule has 1 heteroatoms. The third-order valence-electron chi connectivity index (χ3n) is 5.40. The van der Waals surface area contributed by atoms with E-state index in [1.807, 2.05) is 0 Å². The van der Waals surface area contributed by atoms with Crippen molar-refractivity contribution in [2.45, 2.75) is 59.1 Å². The van der Waals surface area contributed by atoms with Gasteiger partial charge in [-0.1, -0.05) is 74.2 Å². The zero-order chi connectivity index (χ0) is 17.6. The molecule has 4 rings (SSSR count). The Bertz CT molecular complexity index is 745. The van der Waals surface area contributed by atoms with E-state index in [9.17, 15) is 0 Å². The van der Waals surface area contributed by atoms with Gasteiger partial charge in [0.05, 0.1) is 10.9 Å². The summed E-state index contributed by atoms with van der Waals surface area (Å²) in [4.78, 5) is 4.20. The van der Waals surface area contributed by atoms with Crippen molar-refractivity contribution in [3.8, 4) is 0 Å². The molecule has 1 fully saturated rings. The lowest BCUT2D eigenvalue weighted by molar-refractivity contribution is 0.592. The monoisotopic (exact) mass is 359 g/mol. The van der Waals surface area contributed by atoms with E-state index in [1.165, 1.54) is 53.2 Å². The van der Waals surface area contributed by atoms with E-state index in [0.29, 0.717) is 0 Å². The summed E-state index contributed by atoms with van der Waals surface area (Å²) in [6.45, 7) is 0. The third-order valence-corrected chi connectivity index (χ3v) is 7.63. The van der Waals surface area contributed by atoms with Crippen molar-refractivity contribution in [3.05, 3.63) is 90.5 Å². The lowest BCUT2D eigenvalue weighted by atomic mass is 9.92. The summed E-state index contributed by atoms with van der Waals surface area (Å²) in [6, 6.07) is 31.4. The second-order valence-electron chi connectivity index (χ2n) is 7.19. The smallest absolute Gasteiger partial charge is 0.0619 e. The summed E-state index contributed by atoms with van der Waals surface area (Å²) in [7, 11) is -0.0313. The molecular weight excluding hydrogens is 332 g/mol. The topological polar surface area (TPSA) is 0 Å². The molecule has 1 saturated carbocycles. The predicted molar refractivity (Wildman–Crippen MR) is 112 cm³/mol. The summed E-state index contributed by atoms with van der Waals surface area (Å²) < 4.78 is 0. The predicted octanol–water partition coefficient (Wildman–Crippen LogP) is 7.22. The Kier molecular flexibility index (Phi) is 5.76. The van der Waals surface area contributed by atoms with Gasteiger partial charge in [0, 0.05) is 0 Å². The van der Waals surface area contributed by atoms with Gasteiger partial charge in [-0.2, -0.15) is 0 Å². The van der Waals surface area contributed by atoms with E-state index < -0.39 is 0 Å². The summed E-state index contributed by atoms with van der Waals surface area (Å²) in [6.07, 6.45) is 8.35. The molecule has 0 atom stereocenters. The summed E-state index contributed by atoms with van der Waals surface area (Å²) in [5.41, 5.74) is 1.54. The lowest BCUT2D eigenvalue weighted by Crippen LogP contribution is -2.05. The first kappa shape index (κ1) is 17.4. The molecule has 1 aliphatic carbocycles. The van der Waals surface area contributed by atoms with E-state index in [2.05, 4.69) is 84.9 Å². The average molecular weight is 360 g/mol. The minimum absolute atomic E-state index is 0.0313. The van der Waals surface area contributed by atoms with Crippen LogP contribution in [0, 0.1) is 0 Å². The van der Waals surface area contributed by atoms with Crippen LogP contribution < -0.4 is 0 Å². The first-order chi connectivity index (χ1) is 12.9. The molecule has 0 bridgehead atoms. The Labute approximate surface area is 160 Å². The van der Waals surface area contributed by atoms with Gasteiger partial charge in [-0.3, -0.25) is 0 Å². The van der Waals surface area contributed by atoms with E-state index in [4.69, 9.17) is 0 Å². The normalized spacial score (nSPS) is 15.7. The first-order valence-corrected chi connectivity index (χ1v) is 11.1. The van der Waals surface area contributed by atoms with Gasteiger partial charge >= 0.3 is 0 Å². The molecule has 0 saturated heterocycles. The number of hydrogen-bond acceptors (Lipinski definition) is 0. The average Bonchev–Trinajstić information content (AvgIpc) is 3.00. The molecule has 132 valence electrons. The van der Waals surface area contributed by atoms with Crippen molar-refractivity contribution in [2.24, 2.45) is 0 Å². The maximum atomic E-state index is 2.40. The van der Waals surface area contributed by atoms with Gasteiger partial charge in [0.15, 0.2) is 14.7 Å². The number of benzene rings is 3. The number of rotatable bonds is 4. The SMILES string of the molecule is c1ccc([S+](c2ccccc2)c2ccc(C3CCCCCC3)cc2)cc1. The molecule has 0 amide bonds. The van der Waals surface area contributed by atoms with Crippen LogP contribution in [0.3, 0.4) is 0 Å². The Balaban J connectivity index is 1.66. The van der Waals surface area contributed by atoms with Gasteiger partial charge in [0.1, 0.15) is 0 Å². The molecule has 0 heterocycles. The molecule has 0 aliphatic heterocycles. The van der Waals surface area contributed by atoms with Gasteiger partial charge in [-0.25, -0.2) is 0 Å². The highest BCUT2D eigenvalue weighted by atomic mass is 32.2. The molecule has 0 unspecified atom stereocenters. The molecule has 3 aromatic carbocycles. The quantitative estimate of drug-likeness (QED) is 0.341. The maximum Gasteiger partial charge on any atom is 0.166 e. The van der Waals surface area contributed by atoms with Gasteiger partial charge < -0.3 is 0 Å². The van der Waals surface area contributed by atoms with Crippen molar-refractivity contribution >= 4 is 10.9 Å². The van der Waals surface area contributed by atoms with Crippen LogP contribution >= 0.6 is 0 Å². The van der Waals surface area contributed by atoms with E-state index in [-0.39, 0.29) is 10.9 Å². The zero-order valence-electron chi connectivity index (χ0n) is 15.3. The molecule has 3 aromatic rings. The van der Waals surface area contributed by atoms with Crippen LogP contribution in [-0.4, -0.2) is 0 Å². The number of hydrogen-bond donors (Lipinski definition) is 0. The van der Waals surface area contributed by atoms with Crippen LogP contribution in [0.5, 0.6) is 0 Å². The summed E-state index contributed by atoms with van der Waals surface area (Å²) in [5.74, 6) is 0.766. The van der Waals surface area contributed by atoms with Crippen LogP contribution in [0.25, 0.3) is 0 Å². The highest BCUT2D eigenvalue weighted by Gasteiger charge is 2.28. The second-order valence-corrected chi connectivity index (χ2v) is 9.22. The third kappa shape index (κ3) is 4.04. The molecular formula is C25H27S+. The van der Waals surface area contributed by atoms with Crippen molar-refractivity contribution < 1.29 is 0 Å². The fourth-order valence-electron chi connectivity index (χ4n) is 4.01. The van der Waals surface area contributed by atoms with Gasteiger partial charge in [0.25, 0.3) is 0 Å². The molecule has 0 radical (unpaired) electrons. The van der Waals surface area contributed by atoms with Gasteiger partial charge in [-0.15, -0.1) is 0 Å². The van der Waals surface area contributed by atoms with E-state index in [1.54, 1.807) is 5.56 Å². The highest BCUT2D eigenvalue weighted by Crippen LogP contribution is 2.35. The maximum absolute atomic E-state index is 2.40. The van der Waals surface area contributed by atoms with E-state index >= 15 is 0 Å². The molecule has 26 heavy (non-hydrogen) atoms. The standard InChI is InChI=1S/C25H27S/c1-2-6-12-21(11-5-1)22-17-19-25(20-18-22)26(23-13-7-3-8-14-23)24-15-9-4-10-16-24/h3-4,7-10,13-21H,1-2,5-6,11-12H2/q+1. The van der Waals surface area contributed by atoms with Crippen molar-refractivity contribution in [1.29, 1.82) is 0 Å². The highest BCUT2D eigenvalue weighted by molar-refractivity contribution is 7.97. The Morgan fingerprint density at radius 2 is 0.962 bits per heavy atom. The zero-order valence-corrected chi connectivity index (χ0v) is 16.1. The van der Waals surface area contributed by atoms with Crippen LogP contribution in [0.15, 0.2) is 99.6 Å². The minimum Gasteiger partial charge on any atom is -0.0619 e. The van der Waals surface area contributed by atoms with Gasteiger partial charge in [-0.05, 0) is 60.7 Å². The molecule has 0 nitrogen and oxygen atoms in total. The fraction of sp³-hybridized carbons (Fsp3) is 0.280. The van der Waals surface area contributed by atoms with Crippen molar-refractivity contribution in [1.82, 2.24) is 0 Å². The second kappa shape index (κ2) is 8.60. The summed E-state index contributed by atoms with van der Waals surface area (Å²) >= 11 is 0. The Morgan fingerprint density at radius 3 is 1.46 bits per heavy atom. The summed E-state index contributed by atoms with van der Waals surface area (Å²) in [5, 5.41) is 0. The lowest BCUT2D eigenvalue weighted by Gasteiger charge is -2.15. The molecule has 1 aliphatic rings. The molecule has 0 aromatic heterocycles. The first-order valence-electron chi connectivity index (χ1n) is 9.86. The minimum atomic E-state index is -0.0313. The largest absolute Gasteiger partial charge is 0.166 e. The Morgan fingerprint density at radius 1 is 0.500 bits per heavy atom. The van der Waals surface area contributed by atoms with Crippen molar-refractivity contribution in [3.63, 3.8) is 0 Å². The van der Waals surface area contributed by atoms with E-state index in [0.717, 1.165) is 5.92 Å². The van der Waals surface area contributed by atoms with Gasteiger partial charge in [0.2, 0.25) is 0 Å². The van der Waals surface area contributed by atoms with Crippen LogP contribution in [0.2, 0.25) is 0 Å². The van der Waals surface area contributed by atoms with Crippen LogP contribution in [-0.2, 0) is 10.9 Å².